The van der Waals surface area contributed by atoms with Crippen LogP contribution in [0.4, 0.5) is 0 Å². The predicted octanol–water partition coefficient (Wildman–Crippen LogP) is 4.63. The van der Waals surface area contributed by atoms with E-state index in [1.165, 1.54) is 103 Å². The second-order valence-corrected chi connectivity index (χ2v) is 8.55. The summed E-state index contributed by atoms with van der Waals surface area (Å²) in [5, 5.41) is 3.55. The fourth-order valence-electron chi connectivity index (χ4n) is 2.96. The maximum atomic E-state index is 5.48. The molecule has 0 saturated heterocycles. The van der Waals surface area contributed by atoms with Crippen LogP contribution in [0, 0.1) is 0 Å². The van der Waals surface area contributed by atoms with Gasteiger partial charge in [-0.3, -0.25) is 0 Å². The molecule has 3 heteroatoms. The summed E-state index contributed by atoms with van der Waals surface area (Å²) >= 11 is 0. The third kappa shape index (κ3) is 20.1. The molecular formula is C19H44N2Si. The standard InChI is InChI=1S/C19H44N2Si/c1-22-19-15-10-8-6-4-2-3-5-7-9-13-17-21-18-14-11-12-16-20/h21H,2-20,22H2,1H3. The van der Waals surface area contributed by atoms with Gasteiger partial charge < -0.3 is 11.1 Å². The van der Waals surface area contributed by atoms with Crippen LogP contribution in [0.15, 0.2) is 0 Å². The summed E-state index contributed by atoms with van der Waals surface area (Å²) in [6.45, 7) is 5.67. The van der Waals surface area contributed by atoms with E-state index in [0.29, 0.717) is 9.52 Å². The van der Waals surface area contributed by atoms with E-state index in [1.54, 1.807) is 6.04 Å². The van der Waals surface area contributed by atoms with Gasteiger partial charge >= 0.3 is 0 Å². The first-order valence-electron chi connectivity index (χ1n) is 10.3. The molecule has 134 valence electrons. The number of nitrogens with two attached hydrogens (primary N) is 1. The zero-order valence-corrected chi connectivity index (χ0v) is 16.9. The van der Waals surface area contributed by atoms with Gasteiger partial charge in [0.1, 0.15) is 0 Å². The van der Waals surface area contributed by atoms with Crippen LogP contribution in [0.1, 0.15) is 89.9 Å². The van der Waals surface area contributed by atoms with Crippen molar-refractivity contribution in [3.8, 4) is 0 Å². The maximum absolute atomic E-state index is 5.48. The van der Waals surface area contributed by atoms with E-state index in [4.69, 9.17) is 5.73 Å². The van der Waals surface area contributed by atoms with Crippen molar-refractivity contribution in [2.24, 2.45) is 5.73 Å². The van der Waals surface area contributed by atoms with Crippen molar-refractivity contribution in [1.29, 1.82) is 0 Å². The Morgan fingerprint density at radius 1 is 0.591 bits per heavy atom. The highest BCUT2D eigenvalue weighted by molar-refractivity contribution is 6.33. The van der Waals surface area contributed by atoms with Crippen LogP contribution in [0.25, 0.3) is 0 Å². The number of nitrogens with one attached hydrogen (secondary N) is 1. The lowest BCUT2D eigenvalue weighted by Gasteiger charge is -2.05. The average Bonchev–Trinajstić information content (AvgIpc) is 2.54. The summed E-state index contributed by atoms with van der Waals surface area (Å²) in [7, 11) is 0.338. The highest BCUT2D eigenvalue weighted by Gasteiger charge is 1.94. The van der Waals surface area contributed by atoms with Gasteiger partial charge in [0.05, 0.1) is 0 Å². The van der Waals surface area contributed by atoms with Crippen molar-refractivity contribution < 1.29 is 0 Å². The molecule has 0 bridgehead atoms. The Bertz CT molecular complexity index is 168. The van der Waals surface area contributed by atoms with Crippen molar-refractivity contribution in [2.75, 3.05) is 19.6 Å². The van der Waals surface area contributed by atoms with E-state index in [-0.39, 0.29) is 0 Å². The minimum atomic E-state index is 0.338. The smallest absolute Gasteiger partial charge is 0.0166 e. The molecule has 0 aromatic rings. The zero-order chi connectivity index (χ0) is 16.1. The summed E-state index contributed by atoms with van der Waals surface area (Å²) in [4.78, 5) is 0. The maximum Gasteiger partial charge on any atom is 0.0166 e. The van der Waals surface area contributed by atoms with Crippen molar-refractivity contribution in [1.82, 2.24) is 5.32 Å². The molecule has 0 aromatic heterocycles. The van der Waals surface area contributed by atoms with Gasteiger partial charge in [-0.1, -0.05) is 83.2 Å². The van der Waals surface area contributed by atoms with E-state index in [2.05, 4.69) is 11.9 Å². The van der Waals surface area contributed by atoms with Gasteiger partial charge in [-0.2, -0.15) is 0 Å². The lowest BCUT2D eigenvalue weighted by atomic mass is 10.1. The lowest BCUT2D eigenvalue weighted by molar-refractivity contribution is 0.533. The number of hydrogen-bond donors (Lipinski definition) is 2. The summed E-state index contributed by atoms with van der Waals surface area (Å²) in [6.07, 6.45) is 19.8. The lowest BCUT2D eigenvalue weighted by Crippen LogP contribution is -2.16. The summed E-state index contributed by atoms with van der Waals surface area (Å²) < 4.78 is 0. The van der Waals surface area contributed by atoms with Gasteiger partial charge in [0.15, 0.2) is 0 Å². The van der Waals surface area contributed by atoms with Gasteiger partial charge in [0.2, 0.25) is 0 Å². The van der Waals surface area contributed by atoms with Gasteiger partial charge in [-0.05, 0) is 38.9 Å². The molecule has 0 aliphatic carbocycles. The first-order valence-corrected chi connectivity index (χ1v) is 12.7. The SMILES string of the molecule is C[SiH2]CCCCCCCCCCCCCNCCCCCN. The Kier molecular flexibility index (Phi) is 21.3. The van der Waals surface area contributed by atoms with Crippen LogP contribution in [0.3, 0.4) is 0 Å². The van der Waals surface area contributed by atoms with E-state index >= 15 is 0 Å². The van der Waals surface area contributed by atoms with Crippen molar-refractivity contribution in [3.05, 3.63) is 0 Å². The van der Waals surface area contributed by atoms with Crippen molar-refractivity contribution in [2.45, 2.75) is 102 Å². The van der Waals surface area contributed by atoms with Crippen LogP contribution in [-0.2, 0) is 0 Å². The van der Waals surface area contributed by atoms with Crippen LogP contribution < -0.4 is 11.1 Å². The zero-order valence-electron chi connectivity index (χ0n) is 15.5. The Hall–Kier alpha value is 0.137. The van der Waals surface area contributed by atoms with E-state index in [1.807, 2.05) is 0 Å². The molecule has 0 aliphatic heterocycles. The van der Waals surface area contributed by atoms with Gasteiger partial charge in [0, 0.05) is 9.52 Å². The fourth-order valence-corrected chi connectivity index (χ4v) is 3.82. The topological polar surface area (TPSA) is 38.0 Å². The molecule has 0 unspecified atom stereocenters. The molecule has 0 aromatic carbocycles. The largest absolute Gasteiger partial charge is 0.330 e. The normalized spacial score (nSPS) is 11.7. The summed E-state index contributed by atoms with van der Waals surface area (Å²) in [5.74, 6) is 0. The van der Waals surface area contributed by atoms with Gasteiger partial charge in [-0.25, -0.2) is 0 Å². The quantitative estimate of drug-likeness (QED) is 0.268. The number of rotatable bonds is 19. The van der Waals surface area contributed by atoms with E-state index in [0.717, 1.165) is 6.54 Å². The highest BCUT2D eigenvalue weighted by Crippen LogP contribution is 2.11. The summed E-state index contributed by atoms with van der Waals surface area (Å²) in [6, 6.07) is 1.57. The molecule has 0 rings (SSSR count). The number of unbranched alkanes of at least 4 members (excludes halogenated alkanes) is 12. The minimum absolute atomic E-state index is 0.338. The van der Waals surface area contributed by atoms with Crippen molar-refractivity contribution in [3.63, 3.8) is 0 Å². The molecule has 0 spiro atoms. The third-order valence-corrected chi connectivity index (χ3v) is 5.72. The van der Waals surface area contributed by atoms with Gasteiger partial charge in [0.25, 0.3) is 0 Å². The minimum Gasteiger partial charge on any atom is -0.330 e. The predicted molar refractivity (Wildman–Crippen MR) is 106 cm³/mol. The van der Waals surface area contributed by atoms with E-state index in [9.17, 15) is 0 Å². The van der Waals surface area contributed by atoms with E-state index < -0.39 is 0 Å². The fraction of sp³-hybridized carbons (Fsp3) is 1.00. The monoisotopic (exact) mass is 328 g/mol. The second-order valence-electron chi connectivity index (χ2n) is 6.84. The Labute approximate surface area is 143 Å². The average molecular weight is 329 g/mol. The molecule has 3 N–H and O–H groups in total. The first-order chi connectivity index (χ1) is 10.9. The second kappa shape index (κ2) is 21.1. The van der Waals surface area contributed by atoms with Crippen LogP contribution in [0.5, 0.6) is 0 Å². The van der Waals surface area contributed by atoms with Crippen LogP contribution >= 0.6 is 0 Å². The van der Waals surface area contributed by atoms with Crippen LogP contribution in [-0.4, -0.2) is 29.2 Å². The Balaban J connectivity index is 2.91. The van der Waals surface area contributed by atoms with Gasteiger partial charge in [-0.15, -0.1) is 0 Å². The molecule has 2 nitrogen and oxygen atoms in total. The molecule has 0 aliphatic rings. The third-order valence-electron chi connectivity index (χ3n) is 4.51. The molecule has 0 amide bonds. The molecule has 0 heterocycles. The molecular weight excluding hydrogens is 284 g/mol. The molecule has 0 atom stereocenters. The number of hydrogen-bond acceptors (Lipinski definition) is 2. The van der Waals surface area contributed by atoms with Crippen molar-refractivity contribution >= 4 is 9.52 Å². The molecule has 22 heavy (non-hydrogen) atoms. The summed E-state index contributed by atoms with van der Waals surface area (Å²) in [5.41, 5.74) is 5.48. The molecule has 0 saturated carbocycles. The highest BCUT2D eigenvalue weighted by atomic mass is 28.2. The first kappa shape index (κ1) is 22.1. The van der Waals surface area contributed by atoms with Crippen LogP contribution in [0.2, 0.25) is 12.6 Å². The Morgan fingerprint density at radius 3 is 1.45 bits per heavy atom. The molecule has 0 fully saturated rings. The molecule has 0 radical (unpaired) electrons. The Morgan fingerprint density at radius 2 is 1.00 bits per heavy atom.